The first-order valence-corrected chi connectivity index (χ1v) is 12.0. The lowest BCUT2D eigenvalue weighted by atomic mass is 9.90. The van der Waals surface area contributed by atoms with E-state index < -0.39 is 24.9 Å². The van der Waals surface area contributed by atoms with Crippen molar-refractivity contribution in [3.05, 3.63) is 131 Å². The molecule has 4 nitrogen and oxygen atoms in total. The van der Waals surface area contributed by atoms with Crippen LogP contribution in [0.15, 0.2) is 109 Å². The van der Waals surface area contributed by atoms with E-state index in [0.29, 0.717) is 11.1 Å². The maximum atomic E-state index is 11.7. The van der Waals surface area contributed by atoms with Crippen LogP contribution < -0.4 is 22.1 Å². The van der Waals surface area contributed by atoms with Crippen LogP contribution in [0.3, 0.4) is 0 Å². The lowest BCUT2D eigenvalue weighted by molar-refractivity contribution is 0.0992. The molecule has 2 amide bonds. The van der Waals surface area contributed by atoms with Gasteiger partial charge in [-0.15, -0.1) is 0 Å². The van der Waals surface area contributed by atoms with Crippen LogP contribution in [0.4, 0.5) is 0 Å². The highest BCUT2D eigenvalue weighted by Gasteiger charge is 2.39. The maximum Gasteiger partial charge on any atom is 0.248 e. The van der Waals surface area contributed by atoms with Gasteiger partial charge in [-0.25, -0.2) is 0 Å². The van der Waals surface area contributed by atoms with Gasteiger partial charge in [-0.05, 0) is 60.8 Å². The minimum Gasteiger partial charge on any atom is -0.366 e. The van der Waals surface area contributed by atoms with Gasteiger partial charge in [-0.3, -0.25) is 9.59 Å². The zero-order valence-electron chi connectivity index (χ0n) is 18.3. The predicted octanol–water partition coefficient (Wildman–Crippen LogP) is 4.28. The van der Waals surface area contributed by atoms with Crippen molar-refractivity contribution in [2.45, 2.75) is 12.1 Å². The molecule has 0 saturated heterocycles. The molecule has 0 aliphatic rings. The van der Waals surface area contributed by atoms with Crippen LogP contribution in [-0.4, -0.2) is 11.8 Å². The standard InChI is InChI=1S/C28H25N2O2P/c1-28(22-16-12-20(13-17-22)26(29)31,23-18-14-21(15-19-23)27(30)32)33(24-8-4-2-5-9-24)25-10-6-3-7-11-25/h2-19H,1H3,(H2,29,31)(H2,30,32). The van der Waals surface area contributed by atoms with Crippen molar-refractivity contribution in [1.29, 1.82) is 0 Å². The van der Waals surface area contributed by atoms with E-state index in [-0.39, 0.29) is 0 Å². The molecule has 0 fully saturated rings. The van der Waals surface area contributed by atoms with Crippen molar-refractivity contribution in [3.8, 4) is 0 Å². The number of carbonyl (C=O) groups is 2. The summed E-state index contributed by atoms with van der Waals surface area (Å²) in [5.74, 6) is -0.912. The summed E-state index contributed by atoms with van der Waals surface area (Å²) in [7, 11) is -0.931. The molecule has 33 heavy (non-hydrogen) atoms. The number of rotatable bonds is 7. The summed E-state index contributed by atoms with van der Waals surface area (Å²) in [4.78, 5) is 23.4. The van der Waals surface area contributed by atoms with Crippen molar-refractivity contribution in [1.82, 2.24) is 0 Å². The van der Waals surface area contributed by atoms with Crippen molar-refractivity contribution < 1.29 is 9.59 Å². The molecule has 0 heterocycles. The third-order valence-electron chi connectivity index (χ3n) is 5.94. The van der Waals surface area contributed by atoms with Gasteiger partial charge in [0.15, 0.2) is 0 Å². The predicted molar refractivity (Wildman–Crippen MR) is 135 cm³/mol. The molecular formula is C28H25N2O2P. The third kappa shape index (κ3) is 4.44. The minimum atomic E-state index is -0.931. The largest absolute Gasteiger partial charge is 0.366 e. The highest BCUT2D eigenvalue weighted by Crippen LogP contribution is 2.58. The van der Waals surface area contributed by atoms with Crippen LogP contribution >= 0.6 is 7.92 Å². The molecule has 0 bridgehead atoms. The molecule has 4 aromatic carbocycles. The first kappa shape index (κ1) is 22.4. The van der Waals surface area contributed by atoms with E-state index in [1.807, 2.05) is 36.4 Å². The van der Waals surface area contributed by atoms with E-state index in [4.69, 9.17) is 11.5 Å². The fourth-order valence-corrected chi connectivity index (χ4v) is 7.25. The second-order valence-electron chi connectivity index (χ2n) is 7.96. The zero-order valence-corrected chi connectivity index (χ0v) is 19.2. The summed E-state index contributed by atoms with van der Waals surface area (Å²) in [5.41, 5.74) is 14.0. The first-order chi connectivity index (χ1) is 15.9. The molecule has 0 atom stereocenters. The Morgan fingerprint density at radius 1 is 0.576 bits per heavy atom. The topological polar surface area (TPSA) is 86.2 Å². The Labute approximate surface area is 195 Å². The van der Waals surface area contributed by atoms with E-state index in [1.54, 1.807) is 24.3 Å². The number of carbonyl (C=O) groups excluding carboxylic acids is 2. The fourth-order valence-electron chi connectivity index (χ4n) is 4.16. The summed E-state index contributed by atoms with van der Waals surface area (Å²) >= 11 is 0. The Hall–Kier alpha value is -3.75. The molecule has 4 N–H and O–H groups in total. The Morgan fingerprint density at radius 3 is 1.21 bits per heavy atom. The van der Waals surface area contributed by atoms with Crippen LogP contribution in [-0.2, 0) is 5.16 Å². The smallest absolute Gasteiger partial charge is 0.248 e. The van der Waals surface area contributed by atoms with Gasteiger partial charge in [0.05, 0.1) is 0 Å². The summed E-state index contributed by atoms with van der Waals surface area (Å²) in [6.45, 7) is 2.22. The molecule has 0 aliphatic heterocycles. The van der Waals surface area contributed by atoms with Crippen molar-refractivity contribution in [3.63, 3.8) is 0 Å². The molecule has 0 aromatic heterocycles. The van der Waals surface area contributed by atoms with Gasteiger partial charge in [0.25, 0.3) is 0 Å². The lowest BCUT2D eigenvalue weighted by Crippen LogP contribution is -2.31. The van der Waals surface area contributed by atoms with Gasteiger partial charge < -0.3 is 11.5 Å². The molecule has 164 valence electrons. The summed E-state index contributed by atoms with van der Waals surface area (Å²) in [6, 6.07) is 35.9. The van der Waals surface area contributed by atoms with Gasteiger partial charge in [0, 0.05) is 16.3 Å². The quantitative estimate of drug-likeness (QED) is 0.410. The molecule has 4 rings (SSSR count). The van der Waals surface area contributed by atoms with Crippen molar-refractivity contribution >= 4 is 30.3 Å². The fraction of sp³-hybridized carbons (Fsp3) is 0.0714. The van der Waals surface area contributed by atoms with E-state index >= 15 is 0 Å². The highest BCUT2D eigenvalue weighted by molar-refractivity contribution is 7.74. The maximum absolute atomic E-state index is 11.7. The number of nitrogens with two attached hydrogens (primary N) is 2. The van der Waals surface area contributed by atoms with E-state index in [9.17, 15) is 9.59 Å². The average Bonchev–Trinajstić information content (AvgIpc) is 2.85. The van der Waals surface area contributed by atoms with Gasteiger partial charge in [0.1, 0.15) is 0 Å². The van der Waals surface area contributed by atoms with Crippen molar-refractivity contribution in [2.75, 3.05) is 0 Å². The van der Waals surface area contributed by atoms with Crippen LogP contribution in [0.5, 0.6) is 0 Å². The van der Waals surface area contributed by atoms with Crippen LogP contribution in [0, 0.1) is 0 Å². The molecule has 0 aliphatic carbocycles. The minimum absolute atomic E-state index is 0.456. The number of hydrogen-bond donors (Lipinski definition) is 2. The Balaban J connectivity index is 1.99. The molecular weight excluding hydrogens is 427 g/mol. The number of primary amides is 2. The third-order valence-corrected chi connectivity index (χ3v) is 8.98. The van der Waals surface area contributed by atoms with Crippen LogP contribution in [0.1, 0.15) is 38.8 Å². The van der Waals surface area contributed by atoms with Crippen LogP contribution in [0.2, 0.25) is 0 Å². The molecule has 0 unspecified atom stereocenters. The highest BCUT2D eigenvalue weighted by atomic mass is 31.1. The Morgan fingerprint density at radius 2 is 0.909 bits per heavy atom. The van der Waals surface area contributed by atoms with Gasteiger partial charge in [0.2, 0.25) is 11.8 Å². The van der Waals surface area contributed by atoms with E-state index in [1.165, 1.54) is 10.6 Å². The molecule has 0 spiro atoms. The normalized spacial score (nSPS) is 11.3. The average molecular weight is 452 g/mol. The van der Waals surface area contributed by atoms with Crippen molar-refractivity contribution in [2.24, 2.45) is 11.5 Å². The summed E-state index contributed by atoms with van der Waals surface area (Å²) < 4.78 is 0. The van der Waals surface area contributed by atoms with Gasteiger partial charge in [-0.2, -0.15) is 0 Å². The number of amides is 2. The number of hydrogen-bond acceptors (Lipinski definition) is 2. The second-order valence-corrected chi connectivity index (χ2v) is 10.6. The van der Waals surface area contributed by atoms with Gasteiger partial charge >= 0.3 is 0 Å². The summed E-state index contributed by atoms with van der Waals surface area (Å²) in [5, 5.41) is 1.98. The lowest BCUT2D eigenvalue weighted by Gasteiger charge is -2.40. The molecule has 5 heteroatoms. The zero-order chi connectivity index (χ0) is 23.4. The monoisotopic (exact) mass is 452 g/mol. The second kappa shape index (κ2) is 9.40. The van der Waals surface area contributed by atoms with E-state index in [0.717, 1.165) is 11.1 Å². The van der Waals surface area contributed by atoms with Crippen LogP contribution in [0.25, 0.3) is 0 Å². The molecule has 0 saturated carbocycles. The molecule has 0 radical (unpaired) electrons. The Bertz CT molecular complexity index is 1160. The Kier molecular flexibility index (Phi) is 6.39. The molecule has 4 aromatic rings. The number of benzene rings is 4. The SMILES string of the molecule is CC(c1ccc(C(N)=O)cc1)(c1ccc(C(N)=O)cc1)P(c1ccccc1)c1ccccc1. The first-order valence-electron chi connectivity index (χ1n) is 10.6. The van der Waals surface area contributed by atoms with Gasteiger partial charge in [-0.1, -0.05) is 84.9 Å². The summed E-state index contributed by atoms with van der Waals surface area (Å²) in [6.07, 6.45) is 0. The van der Waals surface area contributed by atoms with E-state index in [2.05, 4.69) is 55.5 Å².